The number of nitrogens with zero attached hydrogens (tertiary/aromatic N) is 2. The van der Waals surface area contributed by atoms with Gasteiger partial charge < -0.3 is 15.0 Å². The monoisotopic (exact) mass is 329 g/mol. The highest BCUT2D eigenvalue weighted by atomic mass is 79.9. The first-order valence-electron chi connectivity index (χ1n) is 6.34. The molecule has 1 aliphatic heterocycles. The third-order valence-electron chi connectivity index (χ3n) is 3.13. The summed E-state index contributed by atoms with van der Waals surface area (Å²) in [5.74, 6) is -0.675. The summed E-state index contributed by atoms with van der Waals surface area (Å²) in [4.78, 5) is 26.6. The van der Waals surface area contributed by atoms with E-state index in [-0.39, 0.29) is 12.3 Å². The van der Waals surface area contributed by atoms with Gasteiger partial charge in [-0.05, 0) is 41.6 Å². The number of carboxylic acid groups (broad SMARTS) is 1. The molecular weight excluding hydrogens is 314 g/mol. The zero-order valence-electron chi connectivity index (χ0n) is 10.5. The molecule has 6 nitrogen and oxygen atoms in total. The van der Waals surface area contributed by atoms with Crippen LogP contribution >= 0.6 is 15.9 Å². The molecule has 0 atom stereocenters. The molecule has 2 N–H and O–H groups in total. The third-order valence-corrected chi connectivity index (χ3v) is 3.76. The number of amides is 1. The summed E-state index contributed by atoms with van der Waals surface area (Å²) in [5, 5.41) is 11.2. The summed E-state index contributed by atoms with van der Waals surface area (Å²) < 4.78 is 2.68. The fraction of sp³-hybridized carbons (Fsp3) is 0.583. The Morgan fingerprint density at radius 3 is 2.95 bits per heavy atom. The minimum Gasteiger partial charge on any atom is -0.481 e. The number of nitrogens with one attached hydrogen (secondary N) is 1. The highest BCUT2D eigenvalue weighted by Crippen LogP contribution is 2.24. The SMILES string of the molecule is O=C(O)CCCNC(=O)c1nc(Br)c2n1CCCC2. The van der Waals surface area contributed by atoms with Crippen molar-refractivity contribution in [1.29, 1.82) is 0 Å². The highest BCUT2D eigenvalue weighted by molar-refractivity contribution is 9.10. The molecule has 0 bridgehead atoms. The molecule has 0 saturated heterocycles. The van der Waals surface area contributed by atoms with E-state index in [9.17, 15) is 9.59 Å². The summed E-state index contributed by atoms with van der Waals surface area (Å²) in [5.41, 5.74) is 1.07. The number of hydrogen-bond acceptors (Lipinski definition) is 3. The molecule has 1 aromatic heterocycles. The van der Waals surface area contributed by atoms with Gasteiger partial charge in [-0.1, -0.05) is 0 Å². The van der Waals surface area contributed by atoms with E-state index in [1.807, 2.05) is 4.57 Å². The van der Waals surface area contributed by atoms with Gasteiger partial charge in [0.2, 0.25) is 0 Å². The molecule has 104 valence electrons. The molecule has 1 amide bonds. The number of hydrogen-bond donors (Lipinski definition) is 2. The lowest BCUT2D eigenvalue weighted by atomic mass is 10.1. The number of aromatic nitrogens is 2. The lowest BCUT2D eigenvalue weighted by molar-refractivity contribution is -0.137. The molecule has 0 unspecified atom stereocenters. The molecule has 7 heteroatoms. The Kier molecular flexibility index (Phi) is 4.57. The van der Waals surface area contributed by atoms with Crippen LogP contribution < -0.4 is 5.32 Å². The van der Waals surface area contributed by atoms with Crippen LogP contribution in [0.1, 0.15) is 42.0 Å². The first-order valence-corrected chi connectivity index (χ1v) is 7.14. The quantitative estimate of drug-likeness (QED) is 0.803. The van der Waals surface area contributed by atoms with E-state index in [1.54, 1.807) is 0 Å². The normalized spacial score (nSPS) is 13.9. The molecule has 0 spiro atoms. The molecule has 19 heavy (non-hydrogen) atoms. The van der Waals surface area contributed by atoms with Gasteiger partial charge in [0.1, 0.15) is 4.60 Å². The average Bonchev–Trinajstić information content (AvgIpc) is 2.72. The number of fused-ring (bicyclic) bond motifs is 1. The van der Waals surface area contributed by atoms with Crippen LogP contribution in [-0.4, -0.2) is 33.1 Å². The maximum Gasteiger partial charge on any atom is 0.303 e. The Labute approximate surface area is 119 Å². The van der Waals surface area contributed by atoms with Gasteiger partial charge in [0.05, 0.1) is 5.69 Å². The predicted octanol–water partition coefficient (Wildman–Crippen LogP) is 1.58. The average molecular weight is 330 g/mol. The number of carboxylic acids is 1. The van der Waals surface area contributed by atoms with Gasteiger partial charge in [-0.2, -0.15) is 0 Å². The van der Waals surface area contributed by atoms with Crippen LogP contribution in [0.2, 0.25) is 0 Å². The topological polar surface area (TPSA) is 84.2 Å². The van der Waals surface area contributed by atoms with Crippen molar-refractivity contribution >= 4 is 27.8 Å². The van der Waals surface area contributed by atoms with Gasteiger partial charge in [0.25, 0.3) is 5.91 Å². The fourth-order valence-electron chi connectivity index (χ4n) is 2.19. The third kappa shape index (κ3) is 3.34. The van der Waals surface area contributed by atoms with Crippen LogP contribution in [-0.2, 0) is 17.8 Å². The Hall–Kier alpha value is -1.37. The van der Waals surface area contributed by atoms with E-state index in [0.29, 0.717) is 18.8 Å². The van der Waals surface area contributed by atoms with Gasteiger partial charge >= 0.3 is 5.97 Å². The smallest absolute Gasteiger partial charge is 0.303 e. The minimum atomic E-state index is -0.852. The number of carbonyl (C=O) groups is 2. The second-order valence-electron chi connectivity index (χ2n) is 4.53. The largest absolute Gasteiger partial charge is 0.481 e. The minimum absolute atomic E-state index is 0.0592. The molecule has 0 fully saturated rings. The van der Waals surface area contributed by atoms with Crippen LogP contribution in [0.4, 0.5) is 0 Å². The Balaban J connectivity index is 1.97. The first kappa shape index (κ1) is 14.0. The molecule has 0 saturated carbocycles. The number of imidazole rings is 1. The summed E-state index contributed by atoms with van der Waals surface area (Å²) >= 11 is 3.38. The lowest BCUT2D eigenvalue weighted by Gasteiger charge is -2.16. The summed E-state index contributed by atoms with van der Waals surface area (Å²) in [7, 11) is 0. The number of halogens is 1. The van der Waals surface area contributed by atoms with Crippen molar-refractivity contribution in [1.82, 2.24) is 14.9 Å². The number of carbonyl (C=O) groups excluding carboxylic acids is 1. The van der Waals surface area contributed by atoms with E-state index < -0.39 is 5.97 Å². The van der Waals surface area contributed by atoms with Crippen molar-refractivity contribution in [2.24, 2.45) is 0 Å². The fourth-order valence-corrected chi connectivity index (χ4v) is 2.77. The summed E-state index contributed by atoms with van der Waals surface area (Å²) in [6.07, 6.45) is 3.58. The van der Waals surface area contributed by atoms with E-state index in [2.05, 4.69) is 26.2 Å². The standard InChI is InChI=1S/C12H16BrN3O3/c13-10-8-4-1-2-7-16(8)11(15-10)12(19)14-6-3-5-9(17)18/h1-7H2,(H,14,19)(H,17,18). The van der Waals surface area contributed by atoms with E-state index in [1.165, 1.54) is 0 Å². The van der Waals surface area contributed by atoms with Crippen LogP contribution in [0, 0.1) is 0 Å². The zero-order chi connectivity index (χ0) is 13.8. The van der Waals surface area contributed by atoms with Gasteiger partial charge in [-0.3, -0.25) is 9.59 Å². The second-order valence-corrected chi connectivity index (χ2v) is 5.29. The summed E-state index contributed by atoms with van der Waals surface area (Å²) in [6.45, 7) is 1.16. The van der Waals surface area contributed by atoms with Gasteiger partial charge in [0.15, 0.2) is 5.82 Å². The van der Waals surface area contributed by atoms with E-state index >= 15 is 0 Å². The maximum absolute atomic E-state index is 12.0. The molecular formula is C12H16BrN3O3. The molecule has 1 aromatic rings. The molecule has 0 radical (unpaired) electrons. The van der Waals surface area contributed by atoms with Crippen molar-refractivity contribution in [3.8, 4) is 0 Å². The molecule has 2 heterocycles. The van der Waals surface area contributed by atoms with Crippen molar-refractivity contribution in [3.05, 3.63) is 16.1 Å². The number of aliphatic carboxylic acids is 1. The van der Waals surface area contributed by atoms with Gasteiger partial charge in [-0.25, -0.2) is 4.98 Å². The van der Waals surface area contributed by atoms with Crippen molar-refractivity contribution in [2.45, 2.75) is 38.6 Å². The highest BCUT2D eigenvalue weighted by Gasteiger charge is 2.22. The molecule has 0 aliphatic carbocycles. The van der Waals surface area contributed by atoms with Crippen LogP contribution in [0.3, 0.4) is 0 Å². The van der Waals surface area contributed by atoms with E-state index in [4.69, 9.17) is 5.11 Å². The second kappa shape index (κ2) is 6.18. The Bertz CT molecular complexity index is 499. The predicted molar refractivity (Wildman–Crippen MR) is 72.1 cm³/mol. The van der Waals surface area contributed by atoms with Gasteiger partial charge in [-0.15, -0.1) is 0 Å². The molecule has 1 aliphatic rings. The molecule has 0 aromatic carbocycles. The van der Waals surface area contributed by atoms with Crippen LogP contribution in [0.15, 0.2) is 4.60 Å². The van der Waals surface area contributed by atoms with Crippen LogP contribution in [0.5, 0.6) is 0 Å². The Morgan fingerprint density at radius 1 is 1.42 bits per heavy atom. The number of rotatable bonds is 5. The Morgan fingerprint density at radius 2 is 2.21 bits per heavy atom. The van der Waals surface area contributed by atoms with Crippen LogP contribution in [0.25, 0.3) is 0 Å². The maximum atomic E-state index is 12.0. The van der Waals surface area contributed by atoms with E-state index in [0.717, 1.165) is 36.1 Å². The molecule has 2 rings (SSSR count). The van der Waals surface area contributed by atoms with Crippen molar-refractivity contribution in [3.63, 3.8) is 0 Å². The summed E-state index contributed by atoms with van der Waals surface area (Å²) in [6, 6.07) is 0. The zero-order valence-corrected chi connectivity index (χ0v) is 12.1. The van der Waals surface area contributed by atoms with Crippen molar-refractivity contribution in [2.75, 3.05) is 6.54 Å². The first-order chi connectivity index (χ1) is 9.09. The van der Waals surface area contributed by atoms with Crippen molar-refractivity contribution < 1.29 is 14.7 Å². The lowest BCUT2D eigenvalue weighted by Crippen LogP contribution is -2.29. The van der Waals surface area contributed by atoms with Gasteiger partial charge in [0, 0.05) is 19.5 Å².